The predicted octanol–water partition coefficient (Wildman–Crippen LogP) is 3.69. The molecule has 0 radical (unpaired) electrons. The van der Waals surface area contributed by atoms with Gasteiger partial charge in [0.2, 0.25) is 5.89 Å². The molecule has 0 saturated carbocycles. The maximum Gasteiger partial charge on any atom is 0.230 e. The first-order valence-electron chi connectivity index (χ1n) is 6.35. The predicted molar refractivity (Wildman–Crippen MR) is 73.6 cm³/mol. The Morgan fingerprint density at radius 2 is 2.26 bits per heavy atom. The molecule has 0 saturated heterocycles. The first-order valence-corrected chi connectivity index (χ1v) is 6.78. The molecular formula is C14H17ClN2O2. The van der Waals surface area contributed by atoms with Crippen LogP contribution in [-0.4, -0.2) is 16.7 Å². The van der Waals surface area contributed by atoms with Crippen LogP contribution < -0.4 is 4.74 Å². The summed E-state index contributed by atoms with van der Waals surface area (Å²) < 4.78 is 10.7. The third kappa shape index (κ3) is 3.96. The standard InChI is InChI=1S/C14H17ClN2O2/c1-3-12(15)14-16-13(19-17-14)7-8-18-11-6-4-5-10(2)9-11/h4-6,9,12H,3,7-8H2,1-2H3. The molecule has 0 fully saturated rings. The molecule has 0 bridgehead atoms. The summed E-state index contributed by atoms with van der Waals surface area (Å²) in [4.78, 5) is 4.24. The summed E-state index contributed by atoms with van der Waals surface area (Å²) in [7, 11) is 0. The highest BCUT2D eigenvalue weighted by Gasteiger charge is 2.13. The molecule has 4 nitrogen and oxygen atoms in total. The number of aryl methyl sites for hydroxylation is 1. The van der Waals surface area contributed by atoms with Gasteiger partial charge in [0.15, 0.2) is 5.82 Å². The Bertz CT molecular complexity index is 528. The molecule has 1 atom stereocenters. The van der Waals surface area contributed by atoms with Crippen molar-refractivity contribution in [3.63, 3.8) is 0 Å². The van der Waals surface area contributed by atoms with Crippen LogP contribution in [0.4, 0.5) is 0 Å². The van der Waals surface area contributed by atoms with E-state index in [0.29, 0.717) is 24.7 Å². The summed E-state index contributed by atoms with van der Waals surface area (Å²) >= 11 is 6.04. The second-order valence-corrected chi connectivity index (χ2v) is 4.86. The molecule has 1 aromatic heterocycles. The number of hydrogen-bond acceptors (Lipinski definition) is 4. The van der Waals surface area contributed by atoms with Crippen LogP contribution in [0.15, 0.2) is 28.8 Å². The topological polar surface area (TPSA) is 48.2 Å². The van der Waals surface area contributed by atoms with E-state index in [0.717, 1.165) is 12.2 Å². The molecule has 1 aromatic carbocycles. The minimum absolute atomic E-state index is 0.185. The molecule has 0 N–H and O–H groups in total. The average molecular weight is 281 g/mol. The van der Waals surface area contributed by atoms with Crippen LogP contribution in [0.1, 0.15) is 36.0 Å². The van der Waals surface area contributed by atoms with Gasteiger partial charge in [-0.1, -0.05) is 24.2 Å². The van der Waals surface area contributed by atoms with E-state index < -0.39 is 0 Å². The average Bonchev–Trinajstić information content (AvgIpc) is 2.87. The summed E-state index contributed by atoms with van der Waals surface area (Å²) in [6, 6.07) is 7.92. The van der Waals surface area contributed by atoms with Crippen LogP contribution in [0.2, 0.25) is 0 Å². The van der Waals surface area contributed by atoms with Crippen LogP contribution >= 0.6 is 11.6 Å². The molecule has 102 valence electrons. The number of rotatable bonds is 6. The van der Waals surface area contributed by atoms with Gasteiger partial charge in [-0.15, -0.1) is 11.6 Å². The van der Waals surface area contributed by atoms with Gasteiger partial charge in [-0.05, 0) is 31.0 Å². The highest BCUT2D eigenvalue weighted by molar-refractivity contribution is 6.20. The van der Waals surface area contributed by atoms with Gasteiger partial charge in [0, 0.05) is 0 Å². The summed E-state index contributed by atoms with van der Waals surface area (Å²) in [5.41, 5.74) is 1.17. The zero-order valence-corrected chi connectivity index (χ0v) is 11.9. The van der Waals surface area contributed by atoms with Gasteiger partial charge in [-0.2, -0.15) is 4.98 Å². The molecule has 1 heterocycles. The number of hydrogen-bond donors (Lipinski definition) is 0. The Hall–Kier alpha value is -1.55. The molecule has 0 aliphatic carbocycles. The monoisotopic (exact) mass is 280 g/mol. The highest BCUT2D eigenvalue weighted by atomic mass is 35.5. The summed E-state index contributed by atoms with van der Waals surface area (Å²) in [6.07, 6.45) is 1.36. The first-order chi connectivity index (χ1) is 9.19. The number of nitrogens with zero attached hydrogens (tertiary/aromatic N) is 2. The van der Waals surface area contributed by atoms with Gasteiger partial charge >= 0.3 is 0 Å². The Kier molecular flexibility index (Phi) is 4.80. The number of halogens is 1. The van der Waals surface area contributed by atoms with Crippen molar-refractivity contribution in [3.8, 4) is 5.75 Å². The quantitative estimate of drug-likeness (QED) is 0.757. The minimum atomic E-state index is -0.185. The van der Waals surface area contributed by atoms with Gasteiger partial charge < -0.3 is 9.26 Å². The maximum absolute atomic E-state index is 6.04. The van der Waals surface area contributed by atoms with Crippen molar-refractivity contribution >= 4 is 11.6 Å². The fourth-order valence-corrected chi connectivity index (χ4v) is 1.73. The lowest BCUT2D eigenvalue weighted by Gasteiger charge is -2.04. The Balaban J connectivity index is 1.84. The second kappa shape index (κ2) is 6.57. The lowest BCUT2D eigenvalue weighted by Crippen LogP contribution is -2.02. The molecule has 0 amide bonds. The third-order valence-corrected chi connectivity index (χ3v) is 3.20. The Labute approximate surface area is 117 Å². The highest BCUT2D eigenvalue weighted by Crippen LogP contribution is 2.20. The van der Waals surface area contributed by atoms with Gasteiger partial charge in [0.1, 0.15) is 5.75 Å². The zero-order valence-electron chi connectivity index (χ0n) is 11.1. The van der Waals surface area contributed by atoms with Crippen LogP contribution in [-0.2, 0) is 6.42 Å². The summed E-state index contributed by atoms with van der Waals surface area (Å²) in [5, 5.41) is 3.67. The number of ether oxygens (including phenoxy) is 1. The lowest BCUT2D eigenvalue weighted by molar-refractivity contribution is 0.291. The van der Waals surface area contributed by atoms with Crippen molar-refractivity contribution in [2.75, 3.05) is 6.61 Å². The third-order valence-electron chi connectivity index (χ3n) is 2.70. The number of benzene rings is 1. The van der Waals surface area contributed by atoms with Crippen molar-refractivity contribution in [2.24, 2.45) is 0 Å². The van der Waals surface area contributed by atoms with E-state index in [4.69, 9.17) is 20.9 Å². The largest absolute Gasteiger partial charge is 0.493 e. The fourth-order valence-electron chi connectivity index (χ4n) is 1.64. The van der Waals surface area contributed by atoms with Crippen molar-refractivity contribution in [2.45, 2.75) is 32.1 Å². The van der Waals surface area contributed by atoms with E-state index >= 15 is 0 Å². The fraction of sp³-hybridized carbons (Fsp3) is 0.429. The van der Waals surface area contributed by atoms with E-state index in [1.165, 1.54) is 5.56 Å². The van der Waals surface area contributed by atoms with E-state index in [9.17, 15) is 0 Å². The van der Waals surface area contributed by atoms with Crippen LogP contribution in [0.25, 0.3) is 0 Å². The molecule has 0 aliphatic rings. The molecule has 2 aromatic rings. The molecule has 0 aliphatic heterocycles. The first kappa shape index (κ1) is 13.9. The van der Waals surface area contributed by atoms with E-state index in [1.54, 1.807) is 0 Å². The summed E-state index contributed by atoms with van der Waals surface area (Å²) in [5.74, 6) is 1.96. The molecular weight excluding hydrogens is 264 g/mol. The lowest BCUT2D eigenvalue weighted by atomic mass is 10.2. The van der Waals surface area contributed by atoms with Crippen molar-refractivity contribution < 1.29 is 9.26 Å². The molecule has 19 heavy (non-hydrogen) atoms. The number of alkyl halides is 1. The molecule has 5 heteroatoms. The number of aromatic nitrogens is 2. The van der Waals surface area contributed by atoms with Crippen molar-refractivity contribution in [1.29, 1.82) is 0 Å². The van der Waals surface area contributed by atoms with Crippen molar-refractivity contribution in [3.05, 3.63) is 41.5 Å². The normalized spacial score (nSPS) is 12.4. The van der Waals surface area contributed by atoms with Crippen molar-refractivity contribution in [1.82, 2.24) is 10.1 Å². The van der Waals surface area contributed by atoms with Gasteiger partial charge in [-0.25, -0.2) is 0 Å². The van der Waals surface area contributed by atoms with Gasteiger partial charge in [0.05, 0.1) is 18.4 Å². The second-order valence-electron chi connectivity index (χ2n) is 4.34. The maximum atomic E-state index is 6.04. The molecule has 2 rings (SSSR count). The molecule has 0 spiro atoms. The summed E-state index contributed by atoms with van der Waals surface area (Å²) in [6.45, 7) is 4.52. The van der Waals surface area contributed by atoms with Crippen LogP contribution in [0.5, 0.6) is 5.75 Å². The van der Waals surface area contributed by atoms with Gasteiger partial charge in [-0.3, -0.25) is 0 Å². The Morgan fingerprint density at radius 3 is 3.00 bits per heavy atom. The minimum Gasteiger partial charge on any atom is -0.493 e. The van der Waals surface area contributed by atoms with Crippen LogP contribution in [0, 0.1) is 6.92 Å². The smallest absolute Gasteiger partial charge is 0.230 e. The Morgan fingerprint density at radius 1 is 1.42 bits per heavy atom. The van der Waals surface area contributed by atoms with Gasteiger partial charge in [0.25, 0.3) is 0 Å². The van der Waals surface area contributed by atoms with E-state index in [-0.39, 0.29) is 5.38 Å². The zero-order chi connectivity index (χ0) is 13.7. The van der Waals surface area contributed by atoms with E-state index in [1.807, 2.05) is 38.1 Å². The SMILES string of the molecule is CCC(Cl)c1noc(CCOc2cccc(C)c2)n1. The molecule has 1 unspecified atom stereocenters. The van der Waals surface area contributed by atoms with Crippen LogP contribution in [0.3, 0.4) is 0 Å². The van der Waals surface area contributed by atoms with E-state index in [2.05, 4.69) is 10.1 Å².